The second-order valence-electron chi connectivity index (χ2n) is 4.07. The maximum atomic E-state index is 2.56. The predicted octanol–water partition coefficient (Wildman–Crippen LogP) is 1.66. The number of hydrogen-bond donors (Lipinski definition) is 0. The molecule has 2 rings (SSSR count). The molecule has 2 aliphatic carbocycles. The molecule has 0 N–H and O–H groups in total. The molecule has 1 heteroatoms. The summed E-state index contributed by atoms with van der Waals surface area (Å²) in [6.07, 6.45) is 12.4. The first-order chi connectivity index (χ1) is 4.81. The molecule has 0 nitrogen and oxygen atoms in total. The van der Waals surface area contributed by atoms with Gasteiger partial charge in [-0.2, -0.15) is 0 Å². The molecule has 1 saturated carbocycles. The van der Waals surface area contributed by atoms with E-state index in [1.165, 1.54) is 32.1 Å². The van der Waals surface area contributed by atoms with Gasteiger partial charge in [0.15, 0.2) is 0 Å². The van der Waals surface area contributed by atoms with Crippen molar-refractivity contribution in [2.45, 2.75) is 35.5 Å². The molecule has 0 saturated heterocycles. The van der Waals surface area contributed by atoms with E-state index < -0.39 is 0 Å². The Labute approximate surface area is 76.2 Å². The summed E-state index contributed by atoms with van der Waals surface area (Å²) >= 11 is 0.857. The molecule has 0 aromatic heterocycles. The van der Waals surface area contributed by atoms with Crippen LogP contribution in [0.3, 0.4) is 0 Å². The van der Waals surface area contributed by atoms with E-state index in [1.54, 1.807) is 0 Å². The van der Waals surface area contributed by atoms with Gasteiger partial charge in [0, 0.05) is 0 Å². The molecule has 0 radical (unpaired) electrons. The van der Waals surface area contributed by atoms with Gasteiger partial charge in [-0.1, -0.05) is 0 Å². The third-order valence-electron chi connectivity index (χ3n) is 3.38. The summed E-state index contributed by atoms with van der Waals surface area (Å²) in [5, 5.41) is 0. The van der Waals surface area contributed by atoms with Crippen LogP contribution in [0, 0.1) is 5.92 Å². The second-order valence-corrected chi connectivity index (χ2v) is 9.39. The summed E-state index contributed by atoms with van der Waals surface area (Å²) in [6.45, 7) is 0. The molecule has 0 heterocycles. The quantitative estimate of drug-likeness (QED) is 0.448. The molecular formula is C9H16Sn. The number of hydrogen-bond acceptors (Lipinski definition) is 0. The molecule has 0 aliphatic heterocycles. The normalized spacial score (nSPS) is 45.8. The van der Waals surface area contributed by atoms with Gasteiger partial charge in [0.2, 0.25) is 0 Å². The van der Waals surface area contributed by atoms with Gasteiger partial charge >= 0.3 is 76.1 Å². The first kappa shape index (κ1) is 7.20. The fourth-order valence-electron chi connectivity index (χ4n) is 2.61. The van der Waals surface area contributed by atoms with Gasteiger partial charge in [0.05, 0.1) is 0 Å². The minimum atomic E-state index is 0.819. The van der Waals surface area contributed by atoms with Crippen molar-refractivity contribution in [3.63, 3.8) is 0 Å². The van der Waals surface area contributed by atoms with Crippen LogP contribution in [0.5, 0.6) is 0 Å². The van der Waals surface area contributed by atoms with Crippen LogP contribution in [-0.2, 0) is 0 Å². The van der Waals surface area contributed by atoms with Gasteiger partial charge in [0.1, 0.15) is 0 Å². The van der Waals surface area contributed by atoms with Crippen LogP contribution in [0.4, 0.5) is 0 Å². The molecule has 0 spiro atoms. The zero-order chi connectivity index (χ0) is 7.03. The van der Waals surface area contributed by atoms with E-state index in [0.29, 0.717) is 0 Å². The van der Waals surface area contributed by atoms with E-state index in [0.717, 1.165) is 31.9 Å². The molecule has 2 unspecified atom stereocenters. The molecular weight excluding hydrogens is 227 g/mol. The molecule has 56 valence electrons. The standard InChI is InChI=1S/C9H13.Sn.3H/c1-2-5-9-7-3-6-8(9)4-1;;;;/h1,4,9H,2-3,5-7H2;;;;. The minimum absolute atomic E-state index is 0.819. The Morgan fingerprint density at radius 3 is 3.10 bits per heavy atom. The second kappa shape index (κ2) is 2.54. The first-order valence-corrected chi connectivity index (χ1v) is 7.34. The van der Waals surface area contributed by atoms with Crippen molar-refractivity contribution in [2.75, 3.05) is 0 Å². The van der Waals surface area contributed by atoms with Gasteiger partial charge in [-0.15, -0.1) is 0 Å². The van der Waals surface area contributed by atoms with E-state index in [2.05, 4.69) is 12.2 Å². The van der Waals surface area contributed by atoms with Crippen molar-refractivity contribution in [1.82, 2.24) is 0 Å². The van der Waals surface area contributed by atoms with Crippen LogP contribution in [0.15, 0.2) is 12.2 Å². The van der Waals surface area contributed by atoms with Crippen molar-refractivity contribution < 1.29 is 0 Å². The summed E-state index contributed by atoms with van der Waals surface area (Å²) < 4.78 is 0.819. The number of rotatable bonds is 0. The van der Waals surface area contributed by atoms with Crippen LogP contribution < -0.4 is 0 Å². The third-order valence-corrected chi connectivity index (χ3v) is 8.09. The van der Waals surface area contributed by atoms with Crippen LogP contribution in [-0.4, -0.2) is 22.5 Å². The maximum absolute atomic E-state index is 2.56. The zero-order valence-electron chi connectivity index (χ0n) is 6.77. The molecule has 2 atom stereocenters. The Morgan fingerprint density at radius 1 is 1.40 bits per heavy atom. The average molecular weight is 243 g/mol. The molecule has 0 aromatic carbocycles. The summed E-state index contributed by atoms with van der Waals surface area (Å²) in [5.74, 6) is 1.12. The summed E-state index contributed by atoms with van der Waals surface area (Å²) in [5.41, 5.74) is 0. The summed E-state index contributed by atoms with van der Waals surface area (Å²) in [6, 6.07) is 0. The van der Waals surface area contributed by atoms with Gasteiger partial charge in [-0.25, -0.2) is 0 Å². The average Bonchev–Trinajstić information content (AvgIpc) is 2.29. The van der Waals surface area contributed by atoms with E-state index in [4.69, 9.17) is 0 Å². The topological polar surface area (TPSA) is 0 Å². The van der Waals surface area contributed by atoms with Gasteiger partial charge in [-0.3, -0.25) is 0 Å². The van der Waals surface area contributed by atoms with Crippen LogP contribution in [0.1, 0.15) is 32.1 Å². The van der Waals surface area contributed by atoms with E-state index in [9.17, 15) is 0 Å². The SMILES string of the molecule is [SnH3][C]12C=CCCC1CCC2. The number of allylic oxidation sites excluding steroid dienone is 2. The molecule has 1 fully saturated rings. The Hall–Kier alpha value is 0.539. The van der Waals surface area contributed by atoms with Crippen molar-refractivity contribution in [1.29, 1.82) is 0 Å². The van der Waals surface area contributed by atoms with Gasteiger partial charge in [0.25, 0.3) is 0 Å². The third kappa shape index (κ3) is 1.05. The molecule has 10 heavy (non-hydrogen) atoms. The Bertz CT molecular complexity index is 162. The van der Waals surface area contributed by atoms with Crippen molar-refractivity contribution in [3.05, 3.63) is 12.2 Å². The monoisotopic (exact) mass is 244 g/mol. The predicted molar refractivity (Wildman–Crippen MR) is 48.3 cm³/mol. The van der Waals surface area contributed by atoms with Crippen LogP contribution in [0.25, 0.3) is 0 Å². The first-order valence-electron chi connectivity index (χ1n) is 4.49. The number of fused-ring (bicyclic) bond motifs is 1. The molecule has 0 amide bonds. The fourth-order valence-corrected chi connectivity index (χ4v) is 5.94. The van der Waals surface area contributed by atoms with Gasteiger partial charge in [-0.05, 0) is 0 Å². The Morgan fingerprint density at radius 2 is 2.30 bits per heavy atom. The molecule has 0 aromatic rings. The fraction of sp³-hybridized carbons (Fsp3) is 0.778. The van der Waals surface area contributed by atoms with E-state index in [-0.39, 0.29) is 0 Å². The summed E-state index contributed by atoms with van der Waals surface area (Å²) in [4.78, 5) is 0. The Balaban J connectivity index is 2.23. The van der Waals surface area contributed by atoms with Crippen molar-refractivity contribution in [2.24, 2.45) is 5.92 Å². The van der Waals surface area contributed by atoms with Crippen molar-refractivity contribution >= 4 is 22.5 Å². The van der Waals surface area contributed by atoms with Crippen LogP contribution >= 0.6 is 0 Å². The van der Waals surface area contributed by atoms with E-state index in [1.807, 2.05) is 0 Å². The Kier molecular flexibility index (Phi) is 1.83. The zero-order valence-corrected chi connectivity index (χ0v) is 12.5. The van der Waals surface area contributed by atoms with Crippen LogP contribution in [0.2, 0.25) is 3.43 Å². The summed E-state index contributed by atoms with van der Waals surface area (Å²) in [7, 11) is 0. The van der Waals surface area contributed by atoms with E-state index >= 15 is 0 Å². The van der Waals surface area contributed by atoms with Gasteiger partial charge < -0.3 is 0 Å². The molecule has 2 aliphatic rings. The van der Waals surface area contributed by atoms with Crippen molar-refractivity contribution in [3.8, 4) is 0 Å². The molecule has 0 bridgehead atoms.